The van der Waals surface area contributed by atoms with Crippen molar-refractivity contribution < 1.29 is 0 Å². The minimum Gasteiger partial charge on any atom is -0.326 e. The summed E-state index contributed by atoms with van der Waals surface area (Å²) in [7, 11) is 0. The Morgan fingerprint density at radius 2 is 1.70 bits per heavy atom. The molecule has 2 N–H and O–H groups in total. The lowest BCUT2D eigenvalue weighted by atomic mass is 9.74. The number of piperidine rings is 1. The first-order chi connectivity index (χ1) is 9.67. The van der Waals surface area contributed by atoms with Crippen LogP contribution in [0.3, 0.4) is 0 Å². The van der Waals surface area contributed by atoms with E-state index < -0.39 is 0 Å². The number of hydrogen-bond acceptors (Lipinski definition) is 2. The molecule has 1 aliphatic rings. The van der Waals surface area contributed by atoms with Crippen LogP contribution in [0.2, 0.25) is 0 Å². The third kappa shape index (κ3) is 4.07. The molecule has 1 saturated heterocycles. The Labute approximate surface area is 124 Å². The van der Waals surface area contributed by atoms with Gasteiger partial charge in [-0.2, -0.15) is 0 Å². The molecule has 2 rings (SSSR count). The van der Waals surface area contributed by atoms with Crippen LogP contribution in [0.1, 0.15) is 45.1 Å². The van der Waals surface area contributed by atoms with Gasteiger partial charge in [0.15, 0.2) is 0 Å². The van der Waals surface area contributed by atoms with Crippen LogP contribution in [0.15, 0.2) is 30.3 Å². The van der Waals surface area contributed by atoms with Crippen LogP contribution in [0.5, 0.6) is 0 Å². The zero-order chi connectivity index (χ0) is 14.4. The summed E-state index contributed by atoms with van der Waals surface area (Å²) in [6, 6.07) is 10.9. The second-order valence-electron chi connectivity index (χ2n) is 6.46. The molecule has 0 saturated carbocycles. The van der Waals surface area contributed by atoms with Crippen LogP contribution >= 0.6 is 0 Å². The summed E-state index contributed by atoms with van der Waals surface area (Å²) in [6.45, 7) is 8.19. The maximum absolute atomic E-state index is 6.33. The minimum atomic E-state index is 0.258. The van der Waals surface area contributed by atoms with E-state index in [-0.39, 0.29) is 6.04 Å². The van der Waals surface area contributed by atoms with E-state index in [4.69, 9.17) is 5.73 Å². The van der Waals surface area contributed by atoms with E-state index in [9.17, 15) is 0 Å². The Bertz CT molecular complexity index is 374. The Morgan fingerprint density at radius 1 is 1.10 bits per heavy atom. The normalized spacial score (nSPS) is 20.8. The maximum atomic E-state index is 6.33. The maximum Gasteiger partial charge on any atom is 0.0208 e. The Kier molecular flexibility index (Phi) is 5.62. The second-order valence-corrected chi connectivity index (χ2v) is 6.46. The molecule has 1 fully saturated rings. The van der Waals surface area contributed by atoms with Gasteiger partial charge in [-0.1, -0.05) is 57.0 Å². The van der Waals surface area contributed by atoms with Gasteiger partial charge in [-0.25, -0.2) is 0 Å². The summed E-state index contributed by atoms with van der Waals surface area (Å²) >= 11 is 0. The Hall–Kier alpha value is -0.860. The van der Waals surface area contributed by atoms with Gasteiger partial charge in [0.25, 0.3) is 0 Å². The van der Waals surface area contributed by atoms with E-state index in [1.54, 1.807) is 0 Å². The standard InChI is InChI=1S/C18H30N2/c1-3-18(4-2)10-12-20(13-11-18)15-17(19)14-16-8-6-5-7-9-16/h5-9,17H,3-4,10-15,19H2,1-2H3. The number of nitrogens with two attached hydrogens (primary N) is 1. The summed E-state index contributed by atoms with van der Waals surface area (Å²) in [5.74, 6) is 0. The lowest BCUT2D eigenvalue weighted by Gasteiger charge is -2.41. The molecule has 2 heteroatoms. The molecule has 1 unspecified atom stereocenters. The molecule has 112 valence electrons. The number of nitrogens with zero attached hydrogens (tertiary/aromatic N) is 1. The average molecular weight is 274 g/mol. The van der Waals surface area contributed by atoms with Crippen molar-refractivity contribution in [2.45, 2.75) is 52.0 Å². The highest BCUT2D eigenvalue weighted by atomic mass is 15.1. The van der Waals surface area contributed by atoms with Crippen LogP contribution in [-0.4, -0.2) is 30.6 Å². The van der Waals surface area contributed by atoms with E-state index in [0.717, 1.165) is 13.0 Å². The molecule has 1 atom stereocenters. The van der Waals surface area contributed by atoms with Crippen molar-refractivity contribution in [1.29, 1.82) is 0 Å². The van der Waals surface area contributed by atoms with E-state index in [1.165, 1.54) is 44.3 Å². The second kappa shape index (κ2) is 7.24. The van der Waals surface area contributed by atoms with Crippen LogP contribution in [-0.2, 0) is 6.42 Å². The number of benzene rings is 1. The fourth-order valence-corrected chi connectivity index (χ4v) is 3.48. The van der Waals surface area contributed by atoms with E-state index >= 15 is 0 Å². The first-order valence-electron chi connectivity index (χ1n) is 8.19. The van der Waals surface area contributed by atoms with Crippen LogP contribution < -0.4 is 5.73 Å². The van der Waals surface area contributed by atoms with Gasteiger partial charge in [0.1, 0.15) is 0 Å². The highest BCUT2D eigenvalue weighted by Crippen LogP contribution is 2.37. The first kappa shape index (κ1) is 15.5. The van der Waals surface area contributed by atoms with Crippen molar-refractivity contribution >= 4 is 0 Å². The number of likely N-dealkylation sites (tertiary alicyclic amines) is 1. The summed E-state index contributed by atoms with van der Waals surface area (Å²) in [5.41, 5.74) is 8.29. The van der Waals surface area contributed by atoms with Gasteiger partial charge in [0, 0.05) is 12.6 Å². The van der Waals surface area contributed by atoms with E-state index in [0.29, 0.717) is 5.41 Å². The Balaban J connectivity index is 1.78. The van der Waals surface area contributed by atoms with Crippen LogP contribution in [0.25, 0.3) is 0 Å². The molecular formula is C18H30N2. The van der Waals surface area contributed by atoms with Crippen molar-refractivity contribution in [3.05, 3.63) is 35.9 Å². The van der Waals surface area contributed by atoms with Gasteiger partial charge >= 0.3 is 0 Å². The van der Waals surface area contributed by atoms with Gasteiger partial charge in [-0.3, -0.25) is 0 Å². The summed E-state index contributed by atoms with van der Waals surface area (Å²) in [6.07, 6.45) is 6.33. The van der Waals surface area contributed by atoms with Gasteiger partial charge in [0.2, 0.25) is 0 Å². The molecule has 1 aromatic rings. The summed E-state index contributed by atoms with van der Waals surface area (Å²) in [4.78, 5) is 2.57. The van der Waals surface area contributed by atoms with Crippen molar-refractivity contribution in [2.75, 3.05) is 19.6 Å². The van der Waals surface area contributed by atoms with E-state index in [1.807, 2.05) is 0 Å². The average Bonchev–Trinajstić information content (AvgIpc) is 2.49. The SMILES string of the molecule is CCC1(CC)CCN(CC(N)Cc2ccccc2)CC1. The molecule has 0 aliphatic carbocycles. The van der Waals surface area contributed by atoms with Crippen LogP contribution in [0.4, 0.5) is 0 Å². The summed E-state index contributed by atoms with van der Waals surface area (Å²) in [5, 5.41) is 0. The molecular weight excluding hydrogens is 244 g/mol. The monoisotopic (exact) mass is 274 g/mol. The Morgan fingerprint density at radius 3 is 2.25 bits per heavy atom. The first-order valence-corrected chi connectivity index (χ1v) is 8.19. The van der Waals surface area contributed by atoms with Gasteiger partial charge in [-0.15, -0.1) is 0 Å². The van der Waals surface area contributed by atoms with Gasteiger partial charge in [0.05, 0.1) is 0 Å². The highest BCUT2D eigenvalue weighted by molar-refractivity contribution is 5.15. The molecule has 0 bridgehead atoms. The molecule has 2 nitrogen and oxygen atoms in total. The molecule has 0 amide bonds. The third-order valence-corrected chi connectivity index (χ3v) is 5.25. The lowest BCUT2D eigenvalue weighted by molar-refractivity contribution is 0.0914. The van der Waals surface area contributed by atoms with Crippen molar-refractivity contribution in [1.82, 2.24) is 4.90 Å². The fourth-order valence-electron chi connectivity index (χ4n) is 3.48. The molecule has 0 spiro atoms. The van der Waals surface area contributed by atoms with Crippen molar-refractivity contribution in [3.63, 3.8) is 0 Å². The zero-order valence-corrected chi connectivity index (χ0v) is 13.1. The fraction of sp³-hybridized carbons (Fsp3) is 0.667. The van der Waals surface area contributed by atoms with Gasteiger partial charge < -0.3 is 10.6 Å². The predicted molar refractivity (Wildman–Crippen MR) is 86.8 cm³/mol. The predicted octanol–water partition coefficient (Wildman–Crippen LogP) is 3.46. The summed E-state index contributed by atoms with van der Waals surface area (Å²) < 4.78 is 0. The molecule has 0 radical (unpaired) electrons. The topological polar surface area (TPSA) is 29.3 Å². The molecule has 1 aromatic carbocycles. The quantitative estimate of drug-likeness (QED) is 0.861. The molecule has 0 aromatic heterocycles. The minimum absolute atomic E-state index is 0.258. The van der Waals surface area contributed by atoms with Crippen LogP contribution in [0, 0.1) is 5.41 Å². The smallest absolute Gasteiger partial charge is 0.0208 e. The lowest BCUT2D eigenvalue weighted by Crippen LogP contribution is -2.45. The van der Waals surface area contributed by atoms with Crippen molar-refractivity contribution in [2.24, 2.45) is 11.1 Å². The number of hydrogen-bond donors (Lipinski definition) is 1. The zero-order valence-electron chi connectivity index (χ0n) is 13.1. The number of rotatable bonds is 6. The van der Waals surface area contributed by atoms with Crippen molar-refractivity contribution in [3.8, 4) is 0 Å². The molecule has 1 heterocycles. The highest BCUT2D eigenvalue weighted by Gasteiger charge is 2.31. The van der Waals surface area contributed by atoms with E-state index in [2.05, 4.69) is 49.1 Å². The molecule has 20 heavy (non-hydrogen) atoms. The molecule has 1 aliphatic heterocycles. The van der Waals surface area contributed by atoms with Gasteiger partial charge in [-0.05, 0) is 43.3 Å². The third-order valence-electron chi connectivity index (χ3n) is 5.25. The largest absolute Gasteiger partial charge is 0.326 e.